The lowest BCUT2D eigenvalue weighted by Gasteiger charge is -2.23. The van der Waals surface area contributed by atoms with E-state index in [1.54, 1.807) is 26.0 Å². The number of unbranched alkanes of at least 4 members (excludes halogenated alkanes) is 1. The van der Waals surface area contributed by atoms with Crippen molar-refractivity contribution in [1.82, 2.24) is 4.98 Å². The van der Waals surface area contributed by atoms with Crippen LogP contribution in [0, 0.1) is 0 Å². The molecule has 0 amide bonds. The molecule has 138 valence electrons. The summed E-state index contributed by atoms with van der Waals surface area (Å²) in [5, 5.41) is 2.01. The Hall–Kier alpha value is -1.53. The van der Waals surface area contributed by atoms with E-state index in [0.717, 1.165) is 50.6 Å². The summed E-state index contributed by atoms with van der Waals surface area (Å²) in [4.78, 5) is 4.92. The van der Waals surface area contributed by atoms with Crippen molar-refractivity contribution in [2.45, 2.75) is 24.3 Å². The van der Waals surface area contributed by atoms with E-state index in [1.165, 1.54) is 13.0 Å². The van der Waals surface area contributed by atoms with Crippen LogP contribution in [0.25, 0.3) is 10.9 Å². The van der Waals surface area contributed by atoms with E-state index in [-0.39, 0.29) is 0 Å². The first-order chi connectivity index (χ1) is 11.8. The molecule has 0 saturated heterocycles. The third-order valence-corrected chi connectivity index (χ3v) is 5.07. The van der Waals surface area contributed by atoms with Crippen molar-refractivity contribution in [1.29, 1.82) is 0 Å². The third kappa shape index (κ3) is 4.55. The van der Waals surface area contributed by atoms with E-state index in [1.807, 2.05) is 6.07 Å². The maximum Gasteiger partial charge on any atom is 0.300 e. The minimum Gasteiger partial charge on any atom is -0.493 e. The normalized spacial score (nSPS) is 11.8. The molecule has 0 unspecified atom stereocenters. The molecule has 6 heteroatoms. The summed E-state index contributed by atoms with van der Waals surface area (Å²) < 4.78 is 14.3. The number of aromatic nitrogens is 2. The van der Waals surface area contributed by atoms with Gasteiger partial charge in [-0.05, 0) is 36.2 Å². The van der Waals surface area contributed by atoms with Crippen LogP contribution in [0.4, 0.5) is 0 Å². The van der Waals surface area contributed by atoms with Crippen LogP contribution in [0.5, 0.6) is 11.5 Å². The van der Waals surface area contributed by atoms with Crippen LogP contribution in [0.2, 0.25) is 0 Å². The molecule has 0 aliphatic rings. The number of nitrogens with zero attached hydrogens (tertiary/aromatic N) is 3. The Morgan fingerprint density at radius 2 is 1.84 bits per heavy atom. The number of quaternary nitrogens is 1. The molecule has 0 aliphatic carbocycles. The Labute approximate surface area is 155 Å². The highest BCUT2D eigenvalue weighted by molar-refractivity contribution is 7.98. The van der Waals surface area contributed by atoms with E-state index in [9.17, 15) is 0 Å². The van der Waals surface area contributed by atoms with Gasteiger partial charge in [0.25, 0.3) is 5.82 Å². The summed E-state index contributed by atoms with van der Waals surface area (Å²) in [6.45, 7) is 1.18. The van der Waals surface area contributed by atoms with Gasteiger partial charge in [-0.2, -0.15) is 0 Å². The topological polar surface area (TPSA) is 35.2 Å². The summed E-state index contributed by atoms with van der Waals surface area (Å²) in [5.74, 6) is 2.61. The standard InChI is InChI=1S/C19H31N3O2S/c1-21-14-11-12-15(23-5)18(24-6)17(14)19(25-7)20-16(21)10-8-9-13-22(2,3)4/h11-12H,8-10,13H2,1-7H3/q+2. The lowest BCUT2D eigenvalue weighted by Crippen LogP contribution is -2.37. The molecule has 1 aromatic heterocycles. The fourth-order valence-corrected chi connectivity index (χ4v) is 3.63. The molecule has 0 fully saturated rings. The monoisotopic (exact) mass is 365 g/mol. The van der Waals surface area contributed by atoms with Gasteiger partial charge in [-0.15, -0.1) is 0 Å². The van der Waals surface area contributed by atoms with Crippen LogP contribution >= 0.6 is 11.8 Å². The molecule has 0 saturated carbocycles. The van der Waals surface area contributed by atoms with Crippen LogP contribution in [-0.2, 0) is 13.5 Å². The Kier molecular flexibility index (Phi) is 6.52. The van der Waals surface area contributed by atoms with Crippen LogP contribution < -0.4 is 14.0 Å². The van der Waals surface area contributed by atoms with Crippen molar-refractivity contribution in [2.24, 2.45) is 7.05 Å². The van der Waals surface area contributed by atoms with Gasteiger partial charge in [-0.25, -0.2) is 4.57 Å². The van der Waals surface area contributed by atoms with Crippen LogP contribution in [0.15, 0.2) is 17.2 Å². The van der Waals surface area contributed by atoms with Crippen molar-refractivity contribution in [3.63, 3.8) is 0 Å². The lowest BCUT2D eigenvalue weighted by atomic mass is 10.1. The Balaban J connectivity index is 2.39. The van der Waals surface area contributed by atoms with E-state index in [2.05, 4.69) is 45.1 Å². The number of benzene rings is 1. The summed E-state index contributed by atoms with van der Waals surface area (Å²) in [7, 11) is 12.1. The second-order valence-electron chi connectivity index (χ2n) is 7.26. The summed E-state index contributed by atoms with van der Waals surface area (Å²) in [6, 6.07) is 4.06. The molecule has 0 atom stereocenters. The number of methoxy groups -OCH3 is 2. The maximum absolute atomic E-state index is 5.63. The van der Waals surface area contributed by atoms with E-state index >= 15 is 0 Å². The molecule has 0 bridgehead atoms. The number of rotatable bonds is 8. The molecule has 25 heavy (non-hydrogen) atoms. The molecular weight excluding hydrogens is 334 g/mol. The second-order valence-corrected chi connectivity index (χ2v) is 8.06. The molecule has 5 nitrogen and oxygen atoms in total. The van der Waals surface area contributed by atoms with E-state index in [4.69, 9.17) is 14.5 Å². The summed E-state index contributed by atoms with van der Waals surface area (Å²) in [6.07, 6.45) is 5.38. The zero-order valence-corrected chi connectivity index (χ0v) is 17.4. The quantitative estimate of drug-likeness (QED) is 0.237. The first-order valence-corrected chi connectivity index (χ1v) is 9.83. The van der Waals surface area contributed by atoms with Gasteiger partial charge in [0, 0.05) is 0 Å². The number of ether oxygens (including phenoxy) is 2. The second kappa shape index (κ2) is 8.23. The maximum atomic E-state index is 5.63. The highest BCUT2D eigenvalue weighted by Crippen LogP contribution is 2.38. The van der Waals surface area contributed by atoms with Gasteiger partial charge in [-0.1, -0.05) is 11.8 Å². The van der Waals surface area contributed by atoms with Gasteiger partial charge < -0.3 is 14.0 Å². The first kappa shape index (κ1) is 19.8. The summed E-state index contributed by atoms with van der Waals surface area (Å²) >= 11 is 1.65. The molecule has 0 N–H and O–H groups in total. The van der Waals surface area contributed by atoms with Crippen molar-refractivity contribution >= 4 is 22.7 Å². The zero-order chi connectivity index (χ0) is 18.6. The molecule has 2 rings (SSSR count). The highest BCUT2D eigenvalue weighted by atomic mass is 32.2. The molecule has 0 aliphatic heterocycles. The fraction of sp³-hybridized carbons (Fsp3) is 0.579. The smallest absolute Gasteiger partial charge is 0.300 e. The number of hydrogen-bond donors (Lipinski definition) is 0. The summed E-state index contributed by atoms with van der Waals surface area (Å²) in [5.41, 5.74) is 1.12. The number of thioether (sulfide) groups is 1. The van der Waals surface area contributed by atoms with Crippen molar-refractivity contribution in [2.75, 3.05) is 48.2 Å². The number of aryl methyl sites for hydroxylation is 2. The number of hydrogen-bond acceptors (Lipinski definition) is 4. The first-order valence-electron chi connectivity index (χ1n) is 8.60. The zero-order valence-electron chi connectivity index (χ0n) is 16.5. The molecule has 2 aromatic rings. The SMILES string of the molecule is COc1ccc2c(c(SC)nc(CCCC[N+](C)(C)C)[n+]2C)c1OC. The number of fused-ring (bicyclic) bond motifs is 1. The van der Waals surface area contributed by atoms with Crippen LogP contribution in [0.1, 0.15) is 18.7 Å². The largest absolute Gasteiger partial charge is 0.493 e. The van der Waals surface area contributed by atoms with E-state index in [0.29, 0.717) is 0 Å². The van der Waals surface area contributed by atoms with Gasteiger partial charge in [0.15, 0.2) is 11.5 Å². The minimum atomic E-state index is 0.739. The third-order valence-electron chi connectivity index (χ3n) is 4.39. The predicted octanol–water partition coefficient (Wildman–Crippen LogP) is 2.83. The Morgan fingerprint density at radius 3 is 2.40 bits per heavy atom. The fourth-order valence-electron chi connectivity index (χ4n) is 3.03. The molecular formula is C19H31N3O2S+2. The minimum absolute atomic E-state index is 0.739. The van der Waals surface area contributed by atoms with Gasteiger partial charge in [0.1, 0.15) is 10.9 Å². The predicted molar refractivity (Wildman–Crippen MR) is 104 cm³/mol. The molecule has 1 aromatic carbocycles. The average molecular weight is 366 g/mol. The molecule has 1 heterocycles. The van der Waals surface area contributed by atoms with Crippen molar-refractivity contribution < 1.29 is 18.5 Å². The van der Waals surface area contributed by atoms with Gasteiger partial charge >= 0.3 is 0 Å². The Morgan fingerprint density at radius 1 is 1.12 bits per heavy atom. The molecule has 0 radical (unpaired) electrons. The van der Waals surface area contributed by atoms with Crippen LogP contribution in [-0.4, -0.2) is 57.6 Å². The van der Waals surface area contributed by atoms with E-state index < -0.39 is 0 Å². The Bertz CT molecular complexity index is 742. The van der Waals surface area contributed by atoms with Crippen LogP contribution in [0.3, 0.4) is 0 Å². The van der Waals surface area contributed by atoms with Crippen molar-refractivity contribution in [3.8, 4) is 11.5 Å². The average Bonchev–Trinajstić information content (AvgIpc) is 2.58. The van der Waals surface area contributed by atoms with Gasteiger partial charge in [0.05, 0.1) is 55.4 Å². The van der Waals surface area contributed by atoms with Gasteiger partial charge in [0.2, 0.25) is 5.03 Å². The van der Waals surface area contributed by atoms with Crippen molar-refractivity contribution in [3.05, 3.63) is 18.0 Å². The molecule has 0 spiro atoms. The lowest BCUT2D eigenvalue weighted by molar-refractivity contribution is -0.870. The highest BCUT2D eigenvalue weighted by Gasteiger charge is 2.24. The van der Waals surface area contributed by atoms with Gasteiger partial charge in [-0.3, -0.25) is 0 Å².